The van der Waals surface area contributed by atoms with E-state index < -0.39 is 0 Å². The highest BCUT2D eigenvalue weighted by Crippen LogP contribution is 2.25. The predicted octanol–water partition coefficient (Wildman–Crippen LogP) is 3.14. The molecule has 0 bridgehead atoms. The number of carbonyl (C=O) groups excluding carboxylic acids is 1. The van der Waals surface area contributed by atoms with Gasteiger partial charge in [-0.1, -0.05) is 6.42 Å². The fourth-order valence-electron chi connectivity index (χ4n) is 2.61. The minimum atomic E-state index is -0.366. The summed E-state index contributed by atoms with van der Waals surface area (Å²) in [6, 6.07) is 6.79. The van der Waals surface area contributed by atoms with Gasteiger partial charge in [0.25, 0.3) is 0 Å². The molecule has 1 fully saturated rings. The largest absolute Gasteiger partial charge is 0.398 e. The van der Waals surface area contributed by atoms with Crippen LogP contribution in [0.5, 0.6) is 0 Å². The molecule has 0 aliphatic heterocycles. The van der Waals surface area contributed by atoms with Crippen LogP contribution in [0.4, 0.5) is 20.7 Å². The second-order valence-corrected chi connectivity index (χ2v) is 6.17. The summed E-state index contributed by atoms with van der Waals surface area (Å²) in [5, 5.41) is 13.6. The zero-order valence-electron chi connectivity index (χ0n) is 13.7. The molecule has 0 saturated heterocycles. The normalized spacial score (nSPS) is 13.8. The fourth-order valence-corrected chi connectivity index (χ4v) is 2.61. The Morgan fingerprint density at radius 1 is 1.32 bits per heavy atom. The average Bonchev–Trinajstić information content (AvgIpc) is 2.53. The van der Waals surface area contributed by atoms with Crippen LogP contribution in [0.3, 0.4) is 0 Å². The van der Waals surface area contributed by atoms with E-state index in [-0.39, 0.29) is 17.6 Å². The lowest BCUT2D eigenvalue weighted by Gasteiger charge is -2.25. The first-order valence-corrected chi connectivity index (χ1v) is 8.18. The molecule has 1 aromatic carbocycles. The number of nitrogens with two attached hydrogens (primary N) is 1. The predicted molar refractivity (Wildman–Crippen MR) is 95.3 cm³/mol. The molecule has 1 saturated carbocycles. The van der Waals surface area contributed by atoms with E-state index in [2.05, 4.69) is 15.6 Å². The van der Waals surface area contributed by atoms with Crippen LogP contribution in [0.1, 0.15) is 30.4 Å². The Balaban J connectivity index is 1.64. The van der Waals surface area contributed by atoms with Gasteiger partial charge in [-0.25, -0.2) is 14.2 Å². The molecule has 1 aliphatic rings. The van der Waals surface area contributed by atoms with Crippen molar-refractivity contribution in [1.29, 1.82) is 5.41 Å². The monoisotopic (exact) mass is 341 g/mol. The van der Waals surface area contributed by atoms with Crippen molar-refractivity contribution in [2.75, 3.05) is 17.6 Å². The number of rotatable bonds is 5. The number of anilines is 2. The third-order valence-corrected chi connectivity index (χ3v) is 4.36. The molecule has 6 nitrogen and oxygen atoms in total. The molecule has 7 heteroatoms. The van der Waals surface area contributed by atoms with Crippen molar-refractivity contribution in [3.8, 4) is 0 Å². The third-order valence-electron chi connectivity index (χ3n) is 4.36. The highest BCUT2D eigenvalue weighted by molar-refractivity contribution is 6.13. The van der Waals surface area contributed by atoms with Gasteiger partial charge in [0.05, 0.1) is 5.71 Å². The highest BCUT2D eigenvalue weighted by atomic mass is 19.1. The molecule has 1 aliphatic carbocycles. The Morgan fingerprint density at radius 2 is 2.04 bits per heavy atom. The van der Waals surface area contributed by atoms with Gasteiger partial charge in [-0.15, -0.1) is 0 Å². The lowest BCUT2D eigenvalue weighted by atomic mass is 9.85. The van der Waals surface area contributed by atoms with Crippen LogP contribution < -0.4 is 16.4 Å². The van der Waals surface area contributed by atoms with Gasteiger partial charge < -0.3 is 11.1 Å². The van der Waals surface area contributed by atoms with Crippen LogP contribution >= 0.6 is 0 Å². The summed E-state index contributed by atoms with van der Waals surface area (Å²) in [7, 11) is 0. The zero-order chi connectivity index (χ0) is 17.8. The number of halogens is 1. The molecule has 0 unspecified atom stereocenters. The number of nitrogens with zero attached hydrogens (tertiary/aromatic N) is 1. The van der Waals surface area contributed by atoms with Gasteiger partial charge in [0.2, 0.25) is 0 Å². The van der Waals surface area contributed by atoms with E-state index in [4.69, 9.17) is 11.1 Å². The SMILES string of the molecule is N=C(c1ccc(F)cc1)c1cnc(NC(=O)NCC2CCC2)cc1N. The van der Waals surface area contributed by atoms with E-state index in [1.54, 1.807) is 0 Å². The van der Waals surface area contributed by atoms with E-state index in [9.17, 15) is 9.18 Å². The van der Waals surface area contributed by atoms with Gasteiger partial charge >= 0.3 is 6.03 Å². The van der Waals surface area contributed by atoms with Crippen LogP contribution in [0.25, 0.3) is 0 Å². The molecule has 5 N–H and O–H groups in total. The van der Waals surface area contributed by atoms with Gasteiger partial charge in [0.15, 0.2) is 0 Å². The molecule has 3 rings (SSSR count). The molecular weight excluding hydrogens is 321 g/mol. The maximum atomic E-state index is 13.0. The van der Waals surface area contributed by atoms with E-state index in [1.807, 2.05) is 0 Å². The van der Waals surface area contributed by atoms with Crippen LogP contribution in [-0.2, 0) is 0 Å². The summed E-state index contributed by atoms with van der Waals surface area (Å²) in [5.41, 5.74) is 7.41. The number of hydrogen-bond donors (Lipinski definition) is 4. The van der Waals surface area contributed by atoms with Crippen LogP contribution in [0.15, 0.2) is 36.5 Å². The summed E-state index contributed by atoms with van der Waals surface area (Å²) in [5.74, 6) is 0.525. The summed E-state index contributed by atoms with van der Waals surface area (Å²) >= 11 is 0. The molecule has 1 aromatic heterocycles. The van der Waals surface area contributed by atoms with Crippen molar-refractivity contribution in [3.63, 3.8) is 0 Å². The van der Waals surface area contributed by atoms with Crippen molar-refractivity contribution >= 4 is 23.2 Å². The lowest BCUT2D eigenvalue weighted by molar-refractivity contribution is 0.243. The topological polar surface area (TPSA) is 104 Å². The summed E-state index contributed by atoms with van der Waals surface area (Å²) in [6.07, 6.45) is 4.98. The molecule has 2 aromatic rings. The van der Waals surface area contributed by atoms with Gasteiger partial charge in [0.1, 0.15) is 11.6 Å². The Hall–Kier alpha value is -2.96. The Kier molecular flexibility index (Phi) is 4.92. The number of carbonyl (C=O) groups is 1. The van der Waals surface area contributed by atoms with Gasteiger partial charge in [-0.2, -0.15) is 0 Å². The van der Waals surface area contributed by atoms with Gasteiger partial charge in [-0.3, -0.25) is 10.7 Å². The number of pyridine rings is 1. The Bertz CT molecular complexity index is 787. The van der Waals surface area contributed by atoms with Crippen molar-refractivity contribution in [2.24, 2.45) is 5.92 Å². The van der Waals surface area contributed by atoms with Gasteiger partial charge in [-0.05, 0) is 43.0 Å². The number of urea groups is 1. The third kappa shape index (κ3) is 4.12. The Labute approximate surface area is 145 Å². The molecule has 130 valence electrons. The number of nitrogens with one attached hydrogen (secondary N) is 3. The molecule has 2 amide bonds. The van der Waals surface area contributed by atoms with E-state index in [0.29, 0.717) is 35.1 Å². The maximum Gasteiger partial charge on any atom is 0.320 e. The van der Waals surface area contributed by atoms with Crippen molar-refractivity contribution in [1.82, 2.24) is 10.3 Å². The first-order valence-electron chi connectivity index (χ1n) is 8.18. The standard InChI is InChI=1S/C18H20FN5O/c19-13-6-4-12(5-7-13)17(21)14-10-22-16(8-15(14)20)24-18(25)23-9-11-2-1-3-11/h4-8,10-11,21H,1-3,9H2,(H4,20,22,23,24,25). The number of aromatic nitrogens is 1. The van der Waals surface area contributed by atoms with Crippen LogP contribution in [0.2, 0.25) is 0 Å². The number of nitrogen functional groups attached to an aromatic ring is 1. The lowest BCUT2D eigenvalue weighted by Crippen LogP contribution is -2.35. The summed E-state index contributed by atoms with van der Waals surface area (Å²) in [6.45, 7) is 0.661. The van der Waals surface area contributed by atoms with Crippen LogP contribution in [-0.4, -0.2) is 23.3 Å². The quantitative estimate of drug-likeness (QED) is 0.628. The smallest absolute Gasteiger partial charge is 0.320 e. The first kappa shape index (κ1) is 16.9. The maximum absolute atomic E-state index is 13.0. The fraction of sp³-hybridized carbons (Fsp3) is 0.278. The first-order chi connectivity index (χ1) is 12.0. The Morgan fingerprint density at radius 3 is 2.64 bits per heavy atom. The molecule has 0 spiro atoms. The van der Waals surface area contributed by atoms with E-state index in [1.165, 1.54) is 42.9 Å². The molecule has 25 heavy (non-hydrogen) atoms. The second kappa shape index (κ2) is 7.29. The molecular formula is C18H20FN5O. The summed E-state index contributed by atoms with van der Waals surface area (Å²) in [4.78, 5) is 16.0. The van der Waals surface area contributed by atoms with Crippen LogP contribution in [0, 0.1) is 17.1 Å². The molecule has 1 heterocycles. The average molecular weight is 341 g/mol. The van der Waals surface area contributed by atoms with E-state index in [0.717, 1.165) is 12.8 Å². The number of amides is 2. The summed E-state index contributed by atoms with van der Waals surface area (Å²) < 4.78 is 13.0. The minimum absolute atomic E-state index is 0.144. The zero-order valence-corrected chi connectivity index (χ0v) is 13.7. The van der Waals surface area contributed by atoms with E-state index >= 15 is 0 Å². The molecule has 0 radical (unpaired) electrons. The highest BCUT2D eigenvalue weighted by Gasteiger charge is 2.18. The van der Waals surface area contributed by atoms with Crippen molar-refractivity contribution in [2.45, 2.75) is 19.3 Å². The number of hydrogen-bond acceptors (Lipinski definition) is 4. The number of benzene rings is 1. The van der Waals surface area contributed by atoms with Gasteiger partial charge in [0, 0.05) is 35.6 Å². The minimum Gasteiger partial charge on any atom is -0.398 e. The van der Waals surface area contributed by atoms with Crippen molar-refractivity contribution < 1.29 is 9.18 Å². The second-order valence-electron chi connectivity index (χ2n) is 6.17. The molecule has 0 atom stereocenters. The van der Waals surface area contributed by atoms with Crippen molar-refractivity contribution in [3.05, 3.63) is 53.5 Å².